The van der Waals surface area contributed by atoms with Crippen molar-refractivity contribution in [3.05, 3.63) is 16.6 Å². The minimum absolute atomic E-state index is 0.00815. The highest BCUT2D eigenvalue weighted by Crippen LogP contribution is 2.22. The number of carbonyl (C=O) groups is 1. The van der Waals surface area contributed by atoms with Crippen molar-refractivity contribution in [3.63, 3.8) is 0 Å². The number of rotatable bonds is 1. The van der Waals surface area contributed by atoms with Crippen molar-refractivity contribution in [2.45, 2.75) is 18.7 Å². The molecular formula is C10H13ClN2OS. The molecule has 15 heavy (non-hydrogen) atoms. The highest BCUT2D eigenvalue weighted by Gasteiger charge is 2.28. The molecule has 0 saturated carbocycles. The number of aromatic nitrogens is 1. The molecule has 2 unspecified atom stereocenters. The Bertz CT molecular complexity index is 341. The number of carbonyl (C=O) groups excluding carboxylic acids is 1. The molecule has 1 amide bonds. The Kier molecular flexibility index (Phi) is 3.26. The quantitative estimate of drug-likeness (QED) is 0.710. The maximum atomic E-state index is 11.9. The van der Waals surface area contributed by atoms with Gasteiger partial charge in [0.2, 0.25) is 0 Å². The number of hydrogen-bond acceptors (Lipinski definition) is 3. The van der Waals surface area contributed by atoms with Crippen LogP contribution in [0.4, 0.5) is 0 Å². The number of halogens is 1. The van der Waals surface area contributed by atoms with Gasteiger partial charge in [0.05, 0.1) is 10.9 Å². The lowest BCUT2D eigenvalue weighted by atomic mass is 9.98. The van der Waals surface area contributed by atoms with Gasteiger partial charge in [0, 0.05) is 18.5 Å². The van der Waals surface area contributed by atoms with Crippen LogP contribution in [0.3, 0.4) is 0 Å². The van der Waals surface area contributed by atoms with E-state index in [1.165, 1.54) is 11.3 Å². The molecule has 0 radical (unpaired) electrons. The summed E-state index contributed by atoms with van der Waals surface area (Å²) < 4.78 is 0. The largest absolute Gasteiger partial charge is 0.336 e. The SMILES string of the molecule is CC1CCN(C(=O)c2cscn2)CC1Cl. The van der Waals surface area contributed by atoms with Crippen molar-refractivity contribution < 1.29 is 4.79 Å². The molecule has 1 aromatic heterocycles. The van der Waals surface area contributed by atoms with Crippen LogP contribution in [0.5, 0.6) is 0 Å². The molecule has 0 aliphatic carbocycles. The van der Waals surface area contributed by atoms with E-state index in [0.717, 1.165) is 13.0 Å². The lowest BCUT2D eigenvalue weighted by molar-refractivity contribution is 0.0696. The summed E-state index contributed by atoms with van der Waals surface area (Å²) in [6.45, 7) is 3.56. The van der Waals surface area contributed by atoms with E-state index in [2.05, 4.69) is 11.9 Å². The Hall–Kier alpha value is -0.610. The molecule has 3 nitrogen and oxygen atoms in total. The second-order valence-electron chi connectivity index (χ2n) is 3.91. The van der Waals surface area contributed by atoms with Crippen molar-refractivity contribution in [2.24, 2.45) is 5.92 Å². The minimum Gasteiger partial charge on any atom is -0.336 e. The molecule has 1 fully saturated rings. The van der Waals surface area contributed by atoms with Crippen LogP contribution in [0, 0.1) is 5.92 Å². The number of nitrogens with zero attached hydrogens (tertiary/aromatic N) is 2. The van der Waals surface area contributed by atoms with Gasteiger partial charge in [-0.1, -0.05) is 6.92 Å². The topological polar surface area (TPSA) is 33.2 Å². The first-order chi connectivity index (χ1) is 7.18. The first-order valence-electron chi connectivity index (χ1n) is 5.00. The second-order valence-corrected chi connectivity index (χ2v) is 5.19. The number of piperidine rings is 1. The smallest absolute Gasteiger partial charge is 0.273 e. The Morgan fingerprint density at radius 1 is 1.73 bits per heavy atom. The van der Waals surface area contributed by atoms with Gasteiger partial charge in [-0.25, -0.2) is 4.98 Å². The maximum Gasteiger partial charge on any atom is 0.273 e. The Balaban J connectivity index is 2.03. The number of likely N-dealkylation sites (tertiary alicyclic amines) is 1. The number of amides is 1. The molecule has 0 N–H and O–H groups in total. The zero-order valence-electron chi connectivity index (χ0n) is 8.52. The predicted octanol–water partition coefficient (Wildman–Crippen LogP) is 2.23. The Labute approximate surface area is 98.1 Å². The fourth-order valence-corrected chi connectivity index (χ4v) is 2.51. The van der Waals surface area contributed by atoms with Crippen LogP contribution in [0.15, 0.2) is 10.9 Å². The molecule has 0 spiro atoms. The van der Waals surface area contributed by atoms with Crippen LogP contribution in [0.1, 0.15) is 23.8 Å². The summed E-state index contributed by atoms with van der Waals surface area (Å²) in [5.74, 6) is 0.500. The summed E-state index contributed by atoms with van der Waals surface area (Å²) in [6, 6.07) is 0. The van der Waals surface area contributed by atoms with E-state index in [-0.39, 0.29) is 11.3 Å². The summed E-state index contributed by atoms with van der Waals surface area (Å²) in [4.78, 5) is 17.7. The van der Waals surface area contributed by atoms with Crippen LogP contribution in [0.2, 0.25) is 0 Å². The van der Waals surface area contributed by atoms with Gasteiger partial charge in [0.15, 0.2) is 0 Å². The van der Waals surface area contributed by atoms with E-state index < -0.39 is 0 Å². The third-order valence-electron chi connectivity index (χ3n) is 2.81. The van der Waals surface area contributed by atoms with Gasteiger partial charge in [-0.2, -0.15) is 0 Å². The lowest BCUT2D eigenvalue weighted by Crippen LogP contribution is -2.43. The predicted molar refractivity (Wildman–Crippen MR) is 61.4 cm³/mol. The number of hydrogen-bond donors (Lipinski definition) is 0. The van der Waals surface area contributed by atoms with Crippen molar-refractivity contribution in [2.75, 3.05) is 13.1 Å². The van der Waals surface area contributed by atoms with Gasteiger partial charge in [-0.3, -0.25) is 4.79 Å². The molecule has 0 aromatic carbocycles. The van der Waals surface area contributed by atoms with Gasteiger partial charge in [0.25, 0.3) is 5.91 Å². The van der Waals surface area contributed by atoms with E-state index in [4.69, 9.17) is 11.6 Å². The average Bonchev–Trinajstić information content (AvgIpc) is 2.74. The molecule has 0 bridgehead atoms. The van der Waals surface area contributed by atoms with E-state index in [9.17, 15) is 4.79 Å². The fourth-order valence-electron chi connectivity index (χ4n) is 1.69. The summed E-state index contributed by atoms with van der Waals surface area (Å²) in [6.07, 6.45) is 0.976. The average molecular weight is 245 g/mol. The molecule has 1 aromatic rings. The number of alkyl halides is 1. The van der Waals surface area contributed by atoms with Crippen molar-refractivity contribution in [3.8, 4) is 0 Å². The van der Waals surface area contributed by atoms with Crippen LogP contribution >= 0.6 is 22.9 Å². The molecule has 1 aliphatic heterocycles. The van der Waals surface area contributed by atoms with E-state index in [0.29, 0.717) is 18.2 Å². The molecule has 1 aliphatic rings. The molecular weight excluding hydrogens is 232 g/mol. The summed E-state index contributed by atoms with van der Waals surface area (Å²) in [5, 5.41) is 1.85. The zero-order chi connectivity index (χ0) is 10.8. The summed E-state index contributed by atoms with van der Waals surface area (Å²) >= 11 is 7.60. The van der Waals surface area contributed by atoms with Crippen LogP contribution in [-0.2, 0) is 0 Å². The monoisotopic (exact) mass is 244 g/mol. The van der Waals surface area contributed by atoms with Gasteiger partial charge in [-0.05, 0) is 12.3 Å². The first-order valence-corrected chi connectivity index (χ1v) is 6.38. The Morgan fingerprint density at radius 3 is 3.13 bits per heavy atom. The lowest BCUT2D eigenvalue weighted by Gasteiger charge is -2.33. The molecule has 2 heterocycles. The molecule has 2 atom stereocenters. The minimum atomic E-state index is 0.00815. The fraction of sp³-hybridized carbons (Fsp3) is 0.600. The van der Waals surface area contributed by atoms with Crippen LogP contribution < -0.4 is 0 Å². The zero-order valence-corrected chi connectivity index (χ0v) is 10.1. The maximum absolute atomic E-state index is 11.9. The van der Waals surface area contributed by atoms with Crippen molar-refractivity contribution in [1.29, 1.82) is 0 Å². The molecule has 2 rings (SSSR count). The van der Waals surface area contributed by atoms with Gasteiger partial charge < -0.3 is 4.90 Å². The third-order valence-corrected chi connectivity index (χ3v) is 3.96. The highest BCUT2D eigenvalue weighted by atomic mass is 35.5. The molecule has 82 valence electrons. The van der Waals surface area contributed by atoms with Gasteiger partial charge in [0.1, 0.15) is 5.69 Å². The summed E-state index contributed by atoms with van der Waals surface area (Å²) in [7, 11) is 0. The second kappa shape index (κ2) is 4.49. The van der Waals surface area contributed by atoms with E-state index in [1.54, 1.807) is 15.8 Å². The van der Waals surface area contributed by atoms with Crippen LogP contribution in [-0.4, -0.2) is 34.3 Å². The number of thiazole rings is 1. The standard InChI is InChI=1S/C10H13ClN2OS/c1-7-2-3-13(4-8(7)11)10(14)9-5-15-6-12-9/h5-8H,2-4H2,1H3. The van der Waals surface area contributed by atoms with Crippen molar-refractivity contribution in [1.82, 2.24) is 9.88 Å². The highest BCUT2D eigenvalue weighted by molar-refractivity contribution is 7.07. The first kappa shape index (κ1) is 10.9. The molecule has 5 heteroatoms. The summed E-state index contributed by atoms with van der Waals surface area (Å²) in [5.41, 5.74) is 2.22. The van der Waals surface area contributed by atoms with Crippen molar-refractivity contribution >= 4 is 28.8 Å². The van der Waals surface area contributed by atoms with Gasteiger partial charge in [-0.15, -0.1) is 22.9 Å². The third kappa shape index (κ3) is 2.32. The molecule has 1 saturated heterocycles. The normalized spacial score (nSPS) is 26.7. The van der Waals surface area contributed by atoms with Crippen LogP contribution in [0.25, 0.3) is 0 Å². The van der Waals surface area contributed by atoms with E-state index >= 15 is 0 Å². The van der Waals surface area contributed by atoms with E-state index in [1.807, 2.05) is 0 Å². The van der Waals surface area contributed by atoms with Gasteiger partial charge >= 0.3 is 0 Å². The Morgan fingerprint density at radius 2 is 2.53 bits per heavy atom.